The fourth-order valence-corrected chi connectivity index (χ4v) is 4.43. The highest BCUT2D eigenvalue weighted by atomic mass is 35.5. The van der Waals surface area contributed by atoms with Crippen LogP contribution in [0.5, 0.6) is 0 Å². The van der Waals surface area contributed by atoms with Crippen molar-refractivity contribution in [3.8, 4) is 0 Å². The Labute approximate surface area is 185 Å². The number of fused-ring (bicyclic) bond motifs is 1. The minimum absolute atomic E-state index is 0.0933. The van der Waals surface area contributed by atoms with Crippen LogP contribution in [0.15, 0.2) is 77.7 Å². The van der Waals surface area contributed by atoms with Crippen LogP contribution in [0.4, 0.5) is 11.4 Å². The number of hydrogen-bond acceptors (Lipinski definition) is 3. The maximum absolute atomic E-state index is 12.7. The van der Waals surface area contributed by atoms with Gasteiger partial charge in [0.25, 0.3) is 0 Å². The van der Waals surface area contributed by atoms with Crippen molar-refractivity contribution in [2.45, 2.75) is 17.7 Å². The lowest BCUT2D eigenvalue weighted by atomic mass is 10.1. The summed E-state index contributed by atoms with van der Waals surface area (Å²) in [5.41, 5.74) is 3.87. The molecule has 4 nitrogen and oxygen atoms in total. The first-order chi connectivity index (χ1) is 14.6. The molecule has 1 N–H and O–H groups in total. The van der Waals surface area contributed by atoms with Crippen molar-refractivity contribution in [1.82, 2.24) is 0 Å². The van der Waals surface area contributed by atoms with Gasteiger partial charge in [-0.15, -0.1) is 11.8 Å². The lowest BCUT2D eigenvalue weighted by Crippen LogP contribution is -2.30. The van der Waals surface area contributed by atoms with Gasteiger partial charge in [-0.25, -0.2) is 0 Å². The molecule has 0 bridgehead atoms. The predicted molar refractivity (Wildman–Crippen MR) is 123 cm³/mol. The Bertz CT molecular complexity index is 1070. The standard InChI is InChI=1S/C24H21ClN2O2S/c25-19-10-8-17(9-11-19)14-23(28)26-20-5-3-6-21(15-20)30-16-24(29)27-13-12-18-4-1-2-7-22(18)27/h1-11,15H,12-14,16H2,(H,26,28). The van der Waals surface area contributed by atoms with Gasteiger partial charge in [-0.05, 0) is 53.9 Å². The summed E-state index contributed by atoms with van der Waals surface area (Å²) in [4.78, 5) is 27.8. The molecule has 1 heterocycles. The molecule has 0 saturated heterocycles. The zero-order chi connectivity index (χ0) is 20.9. The van der Waals surface area contributed by atoms with E-state index >= 15 is 0 Å². The SMILES string of the molecule is O=C(Cc1ccc(Cl)cc1)Nc1cccc(SCC(=O)N2CCc3ccccc32)c1. The van der Waals surface area contributed by atoms with Gasteiger partial charge in [0.05, 0.1) is 12.2 Å². The summed E-state index contributed by atoms with van der Waals surface area (Å²) in [5, 5.41) is 3.57. The van der Waals surface area contributed by atoms with Crippen LogP contribution in [0.1, 0.15) is 11.1 Å². The maximum Gasteiger partial charge on any atom is 0.237 e. The van der Waals surface area contributed by atoms with E-state index < -0.39 is 0 Å². The van der Waals surface area contributed by atoms with E-state index in [1.807, 2.05) is 59.5 Å². The second-order valence-electron chi connectivity index (χ2n) is 7.09. The fourth-order valence-electron chi connectivity index (χ4n) is 3.48. The maximum atomic E-state index is 12.7. The summed E-state index contributed by atoms with van der Waals surface area (Å²) >= 11 is 7.36. The van der Waals surface area contributed by atoms with Gasteiger partial charge in [-0.1, -0.05) is 48.0 Å². The quantitative estimate of drug-likeness (QED) is 0.540. The first-order valence-electron chi connectivity index (χ1n) is 9.74. The van der Waals surface area contributed by atoms with Gasteiger partial charge in [0.2, 0.25) is 11.8 Å². The molecule has 1 aliphatic heterocycles. The van der Waals surface area contributed by atoms with Gasteiger partial charge in [0.1, 0.15) is 0 Å². The van der Waals surface area contributed by atoms with E-state index in [1.165, 1.54) is 17.3 Å². The molecule has 152 valence electrons. The number of para-hydroxylation sites is 1. The van der Waals surface area contributed by atoms with Gasteiger partial charge in [-0.3, -0.25) is 9.59 Å². The van der Waals surface area contributed by atoms with Gasteiger partial charge < -0.3 is 10.2 Å². The Morgan fingerprint density at radius 1 is 1.00 bits per heavy atom. The Morgan fingerprint density at radius 3 is 2.63 bits per heavy atom. The number of carbonyl (C=O) groups is 2. The minimum atomic E-state index is -0.0933. The lowest BCUT2D eigenvalue weighted by molar-refractivity contribution is -0.116. The average Bonchev–Trinajstić information content (AvgIpc) is 3.18. The highest BCUT2D eigenvalue weighted by Gasteiger charge is 2.23. The number of thioether (sulfide) groups is 1. The summed E-state index contributed by atoms with van der Waals surface area (Å²) in [5.74, 6) is 0.364. The van der Waals surface area contributed by atoms with Gasteiger partial charge in [0.15, 0.2) is 0 Å². The molecule has 0 atom stereocenters. The third-order valence-corrected chi connectivity index (χ3v) is 6.18. The fraction of sp³-hybridized carbons (Fsp3) is 0.167. The highest BCUT2D eigenvalue weighted by Crippen LogP contribution is 2.29. The van der Waals surface area contributed by atoms with Gasteiger partial charge in [0, 0.05) is 27.8 Å². The molecule has 3 aromatic rings. The number of halogens is 1. The summed E-state index contributed by atoms with van der Waals surface area (Å²) in [6, 6.07) is 22.9. The predicted octanol–water partition coefficient (Wildman–Crippen LogP) is 5.20. The second kappa shape index (κ2) is 9.37. The molecule has 4 rings (SSSR count). The number of benzene rings is 3. The van der Waals surface area contributed by atoms with Crippen LogP contribution in [-0.2, 0) is 22.4 Å². The number of anilines is 2. The van der Waals surface area contributed by atoms with Crippen LogP contribution in [0.3, 0.4) is 0 Å². The molecular weight excluding hydrogens is 416 g/mol. The Balaban J connectivity index is 1.33. The van der Waals surface area contributed by atoms with E-state index in [0.717, 1.165) is 34.8 Å². The summed E-state index contributed by atoms with van der Waals surface area (Å²) in [6.07, 6.45) is 1.18. The minimum Gasteiger partial charge on any atom is -0.326 e. The van der Waals surface area contributed by atoms with Crippen molar-refractivity contribution in [2.75, 3.05) is 22.5 Å². The normalized spacial score (nSPS) is 12.5. The largest absolute Gasteiger partial charge is 0.326 e. The molecule has 6 heteroatoms. The van der Waals surface area contributed by atoms with Crippen LogP contribution < -0.4 is 10.2 Å². The molecular formula is C24H21ClN2O2S. The van der Waals surface area contributed by atoms with Crippen molar-refractivity contribution >= 4 is 46.6 Å². The third-order valence-electron chi connectivity index (χ3n) is 4.95. The van der Waals surface area contributed by atoms with Gasteiger partial charge >= 0.3 is 0 Å². The van der Waals surface area contributed by atoms with E-state index in [4.69, 9.17) is 11.6 Å². The molecule has 1 aliphatic rings. The smallest absolute Gasteiger partial charge is 0.237 e. The second-order valence-corrected chi connectivity index (χ2v) is 8.58. The third kappa shape index (κ3) is 5.04. The molecule has 0 aliphatic carbocycles. The first kappa shape index (κ1) is 20.5. The Kier molecular flexibility index (Phi) is 6.41. The van der Waals surface area contributed by atoms with E-state index in [9.17, 15) is 9.59 Å². The van der Waals surface area contributed by atoms with Crippen LogP contribution in [0, 0.1) is 0 Å². The molecule has 0 radical (unpaired) electrons. The van der Waals surface area contributed by atoms with E-state index in [2.05, 4.69) is 11.4 Å². The van der Waals surface area contributed by atoms with Crippen LogP contribution in [0.2, 0.25) is 5.02 Å². The molecule has 0 aromatic heterocycles. The zero-order valence-electron chi connectivity index (χ0n) is 16.3. The van der Waals surface area contributed by atoms with E-state index in [0.29, 0.717) is 10.8 Å². The lowest BCUT2D eigenvalue weighted by Gasteiger charge is -2.17. The molecule has 0 unspecified atom stereocenters. The summed E-state index contributed by atoms with van der Waals surface area (Å²) in [7, 11) is 0. The van der Waals surface area contributed by atoms with Crippen molar-refractivity contribution < 1.29 is 9.59 Å². The summed E-state index contributed by atoms with van der Waals surface area (Å²) < 4.78 is 0. The average molecular weight is 437 g/mol. The topological polar surface area (TPSA) is 49.4 Å². The van der Waals surface area contributed by atoms with Crippen molar-refractivity contribution in [3.05, 3.63) is 88.9 Å². The number of carbonyl (C=O) groups excluding carboxylic acids is 2. The molecule has 2 amide bonds. The van der Waals surface area contributed by atoms with Crippen LogP contribution >= 0.6 is 23.4 Å². The number of nitrogens with one attached hydrogen (secondary N) is 1. The van der Waals surface area contributed by atoms with Crippen LogP contribution in [0.25, 0.3) is 0 Å². The number of rotatable bonds is 6. The van der Waals surface area contributed by atoms with E-state index in [1.54, 1.807) is 12.1 Å². The zero-order valence-corrected chi connectivity index (χ0v) is 17.9. The molecule has 0 saturated carbocycles. The van der Waals surface area contributed by atoms with Crippen molar-refractivity contribution in [1.29, 1.82) is 0 Å². The molecule has 3 aromatic carbocycles. The molecule has 30 heavy (non-hydrogen) atoms. The molecule has 0 fully saturated rings. The Hall–Kier alpha value is -2.76. The van der Waals surface area contributed by atoms with Crippen molar-refractivity contribution in [3.63, 3.8) is 0 Å². The Morgan fingerprint density at radius 2 is 1.80 bits per heavy atom. The van der Waals surface area contributed by atoms with Gasteiger partial charge in [-0.2, -0.15) is 0 Å². The van der Waals surface area contributed by atoms with E-state index in [-0.39, 0.29) is 18.2 Å². The highest BCUT2D eigenvalue weighted by molar-refractivity contribution is 8.00. The monoisotopic (exact) mass is 436 g/mol. The first-order valence-corrected chi connectivity index (χ1v) is 11.1. The van der Waals surface area contributed by atoms with Crippen LogP contribution in [-0.4, -0.2) is 24.1 Å². The number of amides is 2. The number of nitrogens with zero attached hydrogens (tertiary/aromatic N) is 1. The summed E-state index contributed by atoms with van der Waals surface area (Å²) in [6.45, 7) is 0.736. The van der Waals surface area contributed by atoms with Crippen molar-refractivity contribution in [2.24, 2.45) is 0 Å². The molecule has 0 spiro atoms. The number of hydrogen-bond donors (Lipinski definition) is 1.